The molecule has 678 valence electrons. The van der Waals surface area contributed by atoms with Crippen LogP contribution in [-0.2, 0) is 124 Å². The molecule has 10 unspecified atom stereocenters. The third kappa shape index (κ3) is 53.9. The lowest BCUT2D eigenvalue weighted by atomic mass is 9.87. The van der Waals surface area contributed by atoms with Gasteiger partial charge in [0.1, 0.15) is 67.3 Å². The van der Waals surface area contributed by atoms with E-state index in [4.69, 9.17) is 36.0 Å². The monoisotopic (exact) mass is 1720 g/mol. The number of ketones is 13. The number of methoxy groups -OCH3 is 1. The first-order valence-corrected chi connectivity index (χ1v) is 44.9. The van der Waals surface area contributed by atoms with Crippen molar-refractivity contribution < 1.29 is 124 Å². The van der Waals surface area contributed by atoms with Crippen LogP contribution < -0.4 is 37.2 Å². The van der Waals surface area contributed by atoms with Gasteiger partial charge in [-0.3, -0.25) is 95.9 Å². The van der Waals surface area contributed by atoms with Crippen molar-refractivity contribution in [3.05, 3.63) is 0 Å². The predicted octanol–water partition coefficient (Wildman–Crippen LogP) is 5.70. The summed E-state index contributed by atoms with van der Waals surface area (Å²) in [5.74, 6) is -13.6. The van der Waals surface area contributed by atoms with Crippen molar-refractivity contribution in [1.82, 2.24) is 37.2 Å². The highest BCUT2D eigenvalue weighted by molar-refractivity contribution is 7.82. The lowest BCUT2D eigenvalue weighted by Gasteiger charge is -2.25. The van der Waals surface area contributed by atoms with Crippen molar-refractivity contribution in [3.63, 3.8) is 0 Å². The topological polar surface area (TPSA) is 481 Å². The average molecular weight is 1720 g/mol. The summed E-state index contributed by atoms with van der Waals surface area (Å²) in [4.78, 5) is 268. The molecular formula is C85H139BN7O26P. The molecule has 10 atom stereocenters. The number of amides is 7. The molecule has 0 aromatic carbocycles. The van der Waals surface area contributed by atoms with E-state index in [-0.39, 0.29) is 277 Å². The molecule has 35 heteroatoms. The van der Waals surface area contributed by atoms with E-state index in [2.05, 4.69) is 37.2 Å². The summed E-state index contributed by atoms with van der Waals surface area (Å²) in [6.45, 7) is 17.3. The minimum Gasteiger partial charge on any atom is -0.382 e. The van der Waals surface area contributed by atoms with Gasteiger partial charge in [-0.05, 0) is 71.1 Å². The first-order valence-electron chi connectivity index (χ1n) is 42.8. The highest BCUT2D eigenvalue weighted by Crippen LogP contribution is 2.28. The molecule has 0 aromatic heterocycles. The first kappa shape index (κ1) is 112. The summed E-state index contributed by atoms with van der Waals surface area (Å²) in [5, 5.41) is 18.6. The summed E-state index contributed by atoms with van der Waals surface area (Å²) in [6.07, 6.45) is -3.76. The minimum atomic E-state index is -1.66. The van der Waals surface area contributed by atoms with Gasteiger partial charge in [-0.25, -0.2) is 0 Å². The van der Waals surface area contributed by atoms with Gasteiger partial charge in [-0.15, -0.1) is 0 Å². The molecular weight excluding hydrogens is 1580 g/mol. The zero-order valence-corrected chi connectivity index (χ0v) is 74.0. The van der Waals surface area contributed by atoms with Crippen LogP contribution in [0.3, 0.4) is 0 Å². The van der Waals surface area contributed by atoms with Crippen LogP contribution >= 0.6 is 7.80 Å². The Morgan fingerprint density at radius 1 is 0.283 bits per heavy atom. The van der Waals surface area contributed by atoms with E-state index in [9.17, 15) is 95.9 Å². The Bertz CT molecular complexity index is 3260. The van der Waals surface area contributed by atoms with E-state index in [1.54, 1.807) is 55.1 Å². The molecule has 7 amide bonds. The summed E-state index contributed by atoms with van der Waals surface area (Å²) in [7, 11) is 6.37. The molecule has 0 saturated heterocycles. The molecule has 0 spiro atoms. The Morgan fingerprint density at radius 2 is 0.633 bits per heavy atom. The van der Waals surface area contributed by atoms with E-state index >= 15 is 0 Å². The van der Waals surface area contributed by atoms with Crippen molar-refractivity contribution in [2.75, 3.05) is 106 Å². The number of rotatable bonds is 80. The predicted molar refractivity (Wildman–Crippen MR) is 448 cm³/mol. The minimum absolute atomic E-state index is 0.00166. The van der Waals surface area contributed by atoms with E-state index in [1.807, 2.05) is 6.92 Å². The van der Waals surface area contributed by atoms with Crippen molar-refractivity contribution in [3.8, 4) is 0 Å². The van der Waals surface area contributed by atoms with Crippen molar-refractivity contribution in [2.45, 2.75) is 292 Å². The van der Waals surface area contributed by atoms with Crippen LogP contribution in [0.15, 0.2) is 0 Å². The quantitative estimate of drug-likeness (QED) is 0.0218. The van der Waals surface area contributed by atoms with Gasteiger partial charge in [-0.1, -0.05) is 62.1 Å². The van der Waals surface area contributed by atoms with Crippen LogP contribution in [0.25, 0.3) is 0 Å². The Morgan fingerprint density at radius 3 is 1.11 bits per heavy atom. The van der Waals surface area contributed by atoms with Crippen molar-refractivity contribution >= 4 is 132 Å². The highest BCUT2D eigenvalue weighted by Gasteiger charge is 2.35. The van der Waals surface area contributed by atoms with Crippen LogP contribution in [-0.4, -0.2) is 260 Å². The van der Waals surface area contributed by atoms with E-state index in [1.165, 1.54) is 14.0 Å². The number of carbonyl (C=O) groups is 20. The molecule has 0 aromatic rings. The van der Waals surface area contributed by atoms with Gasteiger partial charge in [0, 0.05) is 191 Å². The molecule has 7 N–H and O–H groups in total. The Labute approximate surface area is 711 Å². The fraction of sp³-hybridized carbons (Fsp3) is 0.765. The molecule has 0 rings (SSSR count). The second-order valence-corrected chi connectivity index (χ2v) is 31.6. The molecule has 0 heterocycles. The van der Waals surface area contributed by atoms with E-state index in [0.717, 1.165) is 0 Å². The Hall–Kier alpha value is -7.75. The van der Waals surface area contributed by atoms with Gasteiger partial charge in [0.2, 0.25) is 41.4 Å². The molecule has 2 radical (unpaired) electrons. The second-order valence-electron chi connectivity index (χ2n) is 29.7. The number of nitrogens with one attached hydrogen (secondary N) is 7. The van der Waals surface area contributed by atoms with E-state index < -0.39 is 166 Å². The average Bonchev–Trinajstić information content (AvgIpc) is 0.873. The number of ether oxygens (including phenoxy) is 6. The summed E-state index contributed by atoms with van der Waals surface area (Å²) < 4.78 is 32.4. The summed E-state index contributed by atoms with van der Waals surface area (Å²) in [5.41, 5.74) is 0. The number of carbonyl (C=O) groups excluding carboxylic acids is 20. The van der Waals surface area contributed by atoms with Crippen molar-refractivity contribution in [1.29, 1.82) is 0 Å². The smallest absolute Gasteiger partial charge is 0.243 e. The van der Waals surface area contributed by atoms with E-state index in [0.29, 0.717) is 26.4 Å². The highest BCUT2D eigenvalue weighted by atomic mass is 31.1. The van der Waals surface area contributed by atoms with Crippen LogP contribution in [0.5, 0.6) is 0 Å². The molecule has 120 heavy (non-hydrogen) atoms. The van der Waals surface area contributed by atoms with Gasteiger partial charge in [-0.2, -0.15) is 7.80 Å². The standard InChI is InChI=1S/C85H139BN7O26P/c1-12-61(94)26-23-59(73(101)16-5)53-77(105)71(35-39-81(109)89-68(74(102)17-6)32-29-62(95)13-2)91-80(108)38-25-60(84(112)93-72(85(113)92-70(76(104)19-8)34-31-64(97)15-4)36-40-82(110)90-69(75(103)18-7)33-30-63(96)14-3)52-67(100)55-119-50-48-117-43-41-87-79(107)37-24-58(78(106)56-120(11)86)51-65(98)27-21-57(83(111)88-42-44-116-46-45-114-10)22-28-66(99)54-118-49-47-115-20-9/h57-60,68-72H,12-56H2,1-11H3,(H,87,107)(H,88,111)(H,89,109)(H,90,110)(H,91,108)(H,92,113)(H,93,112). The Balaban J connectivity index is 7.01. The van der Waals surface area contributed by atoms with Gasteiger partial charge in [0.05, 0.1) is 77.0 Å². The maximum absolute atomic E-state index is 14.9. The molecule has 0 aliphatic heterocycles. The van der Waals surface area contributed by atoms with Crippen LogP contribution in [0.2, 0.25) is 0 Å². The van der Waals surface area contributed by atoms with Gasteiger partial charge < -0.3 is 65.6 Å². The molecule has 0 aliphatic carbocycles. The SMILES string of the molecule is [B]P(C)CC(=O)C(CCC(=O)NCCOCCOCC(=O)CC(CCC(=O)NC(CCC(=O)NC(CCC(=O)CC)C(=O)CC)C(=O)CC(CCC(=O)CC)C(=O)CC)C(=O)NC(CCC(=O)NC(CCC(=O)CC)C(=O)CC)C(=O)NC(CCC(=O)CC)C(=O)CC)CC(=O)CCC(CCC(=O)COCCOCC)C(=O)NCCOCCOC. The van der Waals surface area contributed by atoms with Crippen LogP contribution in [0.1, 0.15) is 261 Å². The molecule has 0 saturated carbocycles. The van der Waals surface area contributed by atoms with Gasteiger partial charge in [0.25, 0.3) is 0 Å². The normalized spacial score (nSPS) is 13.7. The zero-order chi connectivity index (χ0) is 90.3. The first-order chi connectivity index (χ1) is 57.2. The van der Waals surface area contributed by atoms with Crippen LogP contribution in [0.4, 0.5) is 0 Å². The third-order valence-electron chi connectivity index (χ3n) is 20.2. The van der Waals surface area contributed by atoms with Gasteiger partial charge >= 0.3 is 0 Å². The summed E-state index contributed by atoms with van der Waals surface area (Å²) >= 11 is 0. The van der Waals surface area contributed by atoms with Crippen molar-refractivity contribution in [2.24, 2.45) is 23.7 Å². The van der Waals surface area contributed by atoms with Crippen LogP contribution in [0, 0.1) is 23.7 Å². The third-order valence-corrected chi connectivity index (χ3v) is 21.0. The number of hydrogen-bond acceptors (Lipinski definition) is 26. The fourth-order valence-electron chi connectivity index (χ4n) is 12.6. The van der Waals surface area contributed by atoms with Gasteiger partial charge in [0.15, 0.2) is 34.7 Å². The second kappa shape index (κ2) is 68.8. The lowest BCUT2D eigenvalue weighted by Crippen LogP contribution is -2.53. The lowest BCUT2D eigenvalue weighted by molar-refractivity contribution is -0.136. The maximum atomic E-state index is 14.9. The number of Topliss-reactive ketones (excluding diaryl/α,β-unsaturated/α-hetero) is 13. The maximum Gasteiger partial charge on any atom is 0.243 e. The Kier molecular flexibility index (Phi) is 64.3. The molecule has 33 nitrogen and oxygen atoms in total. The molecule has 0 bridgehead atoms. The largest absolute Gasteiger partial charge is 0.382 e. The fourth-order valence-corrected chi connectivity index (χ4v) is 13.3. The molecule has 0 aliphatic rings. The molecule has 0 fully saturated rings. The summed E-state index contributed by atoms with van der Waals surface area (Å²) in [6, 6.07) is -6.48. The number of hydrogen-bond donors (Lipinski definition) is 7. The zero-order valence-electron chi connectivity index (χ0n) is 73.2.